The lowest BCUT2D eigenvalue weighted by Gasteiger charge is -2.32. The second-order valence-electron chi connectivity index (χ2n) is 7.40. The zero-order valence-corrected chi connectivity index (χ0v) is 14.8. The van der Waals surface area contributed by atoms with Crippen LogP contribution in [0, 0.1) is 0 Å². The van der Waals surface area contributed by atoms with E-state index in [1.165, 1.54) is 0 Å². The van der Waals surface area contributed by atoms with Crippen molar-refractivity contribution in [1.82, 2.24) is 0 Å². The third kappa shape index (κ3) is 3.14. The standard InChI is InChI=1S/C20H25BO3/c1-19(2)20(3,4)24-21(23-19)17-12-10-16(11-13-17)18(14-22)15-8-6-5-7-9-15/h5-13,18,22H,14H2,1-4H3/t18-/m0/s1. The SMILES string of the molecule is CC1(C)OB(c2ccc([C@@H](CO)c3ccccc3)cc2)OC1(C)C. The summed E-state index contributed by atoms with van der Waals surface area (Å²) in [4.78, 5) is 0. The topological polar surface area (TPSA) is 38.7 Å². The Morgan fingerprint density at radius 1 is 0.833 bits per heavy atom. The Morgan fingerprint density at radius 2 is 1.33 bits per heavy atom. The molecular formula is C20H25BO3. The van der Waals surface area contributed by atoms with E-state index in [2.05, 4.69) is 27.7 Å². The van der Waals surface area contributed by atoms with Gasteiger partial charge >= 0.3 is 7.12 Å². The van der Waals surface area contributed by atoms with E-state index < -0.39 is 0 Å². The van der Waals surface area contributed by atoms with E-state index >= 15 is 0 Å². The number of aliphatic hydroxyl groups excluding tert-OH is 1. The predicted octanol–water partition coefficient (Wildman–Crippen LogP) is 3.11. The molecule has 3 nitrogen and oxygen atoms in total. The molecule has 0 saturated carbocycles. The van der Waals surface area contributed by atoms with E-state index in [4.69, 9.17) is 9.31 Å². The van der Waals surface area contributed by atoms with E-state index in [0.717, 1.165) is 16.6 Å². The average molecular weight is 324 g/mol. The molecule has 0 radical (unpaired) electrons. The molecule has 126 valence electrons. The zero-order valence-electron chi connectivity index (χ0n) is 14.8. The molecular weight excluding hydrogens is 299 g/mol. The van der Waals surface area contributed by atoms with Crippen LogP contribution in [-0.4, -0.2) is 30.0 Å². The van der Waals surface area contributed by atoms with Crippen molar-refractivity contribution in [2.45, 2.75) is 44.8 Å². The van der Waals surface area contributed by atoms with Crippen LogP contribution < -0.4 is 5.46 Å². The Labute approximate surface area is 144 Å². The molecule has 1 aliphatic heterocycles. The molecule has 1 atom stereocenters. The van der Waals surface area contributed by atoms with Gasteiger partial charge in [0, 0.05) is 5.92 Å². The second kappa shape index (κ2) is 6.36. The molecule has 0 amide bonds. The third-order valence-electron chi connectivity index (χ3n) is 5.25. The van der Waals surface area contributed by atoms with Crippen LogP contribution in [0.5, 0.6) is 0 Å². The minimum atomic E-state index is -0.353. The Hall–Kier alpha value is -1.62. The number of hydrogen-bond acceptors (Lipinski definition) is 3. The fraction of sp³-hybridized carbons (Fsp3) is 0.400. The Kier molecular flexibility index (Phi) is 4.56. The number of rotatable bonds is 4. The monoisotopic (exact) mass is 324 g/mol. The molecule has 4 heteroatoms. The van der Waals surface area contributed by atoms with Crippen LogP contribution in [0.4, 0.5) is 0 Å². The Balaban J connectivity index is 1.81. The van der Waals surface area contributed by atoms with Gasteiger partial charge in [-0.2, -0.15) is 0 Å². The highest BCUT2D eigenvalue weighted by Gasteiger charge is 2.51. The van der Waals surface area contributed by atoms with Crippen molar-refractivity contribution in [1.29, 1.82) is 0 Å². The van der Waals surface area contributed by atoms with Crippen molar-refractivity contribution < 1.29 is 14.4 Å². The maximum atomic E-state index is 9.80. The Bertz CT molecular complexity index is 664. The van der Waals surface area contributed by atoms with Crippen molar-refractivity contribution >= 4 is 12.6 Å². The highest BCUT2D eigenvalue weighted by Crippen LogP contribution is 2.36. The first-order valence-electron chi connectivity index (χ1n) is 8.45. The molecule has 2 aromatic rings. The van der Waals surface area contributed by atoms with Crippen LogP contribution in [0.15, 0.2) is 54.6 Å². The summed E-state index contributed by atoms with van der Waals surface area (Å²) in [7, 11) is -0.353. The summed E-state index contributed by atoms with van der Waals surface area (Å²) in [6.07, 6.45) is 0. The molecule has 1 saturated heterocycles. The summed E-state index contributed by atoms with van der Waals surface area (Å²) in [6.45, 7) is 8.30. The molecule has 2 aromatic carbocycles. The van der Waals surface area contributed by atoms with Crippen LogP contribution in [0.2, 0.25) is 0 Å². The summed E-state index contributed by atoms with van der Waals surface area (Å²) in [5.41, 5.74) is 2.52. The molecule has 1 heterocycles. The molecule has 1 fully saturated rings. The van der Waals surface area contributed by atoms with Gasteiger partial charge < -0.3 is 14.4 Å². The Morgan fingerprint density at radius 3 is 1.83 bits per heavy atom. The number of hydrogen-bond donors (Lipinski definition) is 1. The van der Waals surface area contributed by atoms with Crippen LogP contribution in [-0.2, 0) is 9.31 Å². The van der Waals surface area contributed by atoms with Crippen LogP contribution in [0.3, 0.4) is 0 Å². The molecule has 0 aromatic heterocycles. The van der Waals surface area contributed by atoms with Crippen molar-refractivity contribution in [3.63, 3.8) is 0 Å². The van der Waals surface area contributed by atoms with E-state index in [9.17, 15) is 5.11 Å². The van der Waals surface area contributed by atoms with Crippen LogP contribution in [0.1, 0.15) is 44.7 Å². The fourth-order valence-corrected chi connectivity index (χ4v) is 2.95. The smallest absolute Gasteiger partial charge is 0.399 e. The number of aliphatic hydroxyl groups is 1. The van der Waals surface area contributed by atoms with E-state index in [1.54, 1.807) is 0 Å². The van der Waals surface area contributed by atoms with Crippen molar-refractivity contribution in [2.75, 3.05) is 6.61 Å². The highest BCUT2D eigenvalue weighted by molar-refractivity contribution is 6.62. The molecule has 0 aliphatic carbocycles. The van der Waals surface area contributed by atoms with Crippen molar-refractivity contribution in [3.8, 4) is 0 Å². The van der Waals surface area contributed by atoms with Gasteiger partial charge in [-0.05, 0) is 44.3 Å². The molecule has 1 N–H and O–H groups in total. The van der Waals surface area contributed by atoms with Gasteiger partial charge in [0.2, 0.25) is 0 Å². The van der Waals surface area contributed by atoms with Gasteiger partial charge in [-0.3, -0.25) is 0 Å². The summed E-state index contributed by atoms with van der Waals surface area (Å²) < 4.78 is 12.2. The van der Waals surface area contributed by atoms with Gasteiger partial charge in [-0.25, -0.2) is 0 Å². The lowest BCUT2D eigenvalue weighted by atomic mass is 9.78. The molecule has 24 heavy (non-hydrogen) atoms. The summed E-state index contributed by atoms with van der Waals surface area (Å²) in [5, 5.41) is 9.80. The summed E-state index contributed by atoms with van der Waals surface area (Å²) >= 11 is 0. The van der Waals surface area contributed by atoms with Gasteiger partial charge in [-0.1, -0.05) is 54.6 Å². The minimum absolute atomic E-state index is 0.0152. The second-order valence-corrected chi connectivity index (χ2v) is 7.40. The van der Waals surface area contributed by atoms with Gasteiger partial charge in [0.1, 0.15) is 0 Å². The molecule has 0 bridgehead atoms. The van der Waals surface area contributed by atoms with Crippen LogP contribution in [0.25, 0.3) is 0 Å². The van der Waals surface area contributed by atoms with E-state index in [1.807, 2.05) is 54.6 Å². The molecule has 3 rings (SSSR count). The normalized spacial score (nSPS) is 20.1. The molecule has 1 aliphatic rings. The predicted molar refractivity (Wildman–Crippen MR) is 97.5 cm³/mol. The fourth-order valence-electron chi connectivity index (χ4n) is 2.95. The first-order chi connectivity index (χ1) is 11.3. The third-order valence-corrected chi connectivity index (χ3v) is 5.25. The largest absolute Gasteiger partial charge is 0.494 e. The summed E-state index contributed by atoms with van der Waals surface area (Å²) in [5.74, 6) is -0.0152. The van der Waals surface area contributed by atoms with Gasteiger partial charge in [0.05, 0.1) is 17.8 Å². The van der Waals surface area contributed by atoms with E-state index in [0.29, 0.717) is 0 Å². The minimum Gasteiger partial charge on any atom is -0.399 e. The lowest BCUT2D eigenvalue weighted by Crippen LogP contribution is -2.41. The molecule has 0 unspecified atom stereocenters. The van der Waals surface area contributed by atoms with Gasteiger partial charge in [0.15, 0.2) is 0 Å². The maximum Gasteiger partial charge on any atom is 0.494 e. The number of benzene rings is 2. The van der Waals surface area contributed by atoms with Gasteiger partial charge in [-0.15, -0.1) is 0 Å². The quantitative estimate of drug-likeness (QED) is 0.879. The average Bonchev–Trinajstić information content (AvgIpc) is 2.78. The lowest BCUT2D eigenvalue weighted by molar-refractivity contribution is 0.00578. The zero-order chi connectivity index (χ0) is 17.4. The van der Waals surface area contributed by atoms with Crippen molar-refractivity contribution in [3.05, 3.63) is 65.7 Å². The van der Waals surface area contributed by atoms with Crippen LogP contribution >= 0.6 is 0 Å². The molecule has 0 spiro atoms. The first-order valence-corrected chi connectivity index (χ1v) is 8.45. The first kappa shape index (κ1) is 17.2. The highest BCUT2D eigenvalue weighted by atomic mass is 16.7. The summed E-state index contributed by atoms with van der Waals surface area (Å²) in [6, 6.07) is 18.2. The van der Waals surface area contributed by atoms with Crippen molar-refractivity contribution in [2.24, 2.45) is 0 Å². The maximum absolute atomic E-state index is 9.80. The van der Waals surface area contributed by atoms with E-state index in [-0.39, 0.29) is 30.8 Å². The van der Waals surface area contributed by atoms with Gasteiger partial charge in [0.25, 0.3) is 0 Å².